The number of halogens is 3. The number of pyridine rings is 1. The Hall–Kier alpha value is -3.00. The van der Waals surface area contributed by atoms with E-state index in [9.17, 15) is 13.2 Å². The summed E-state index contributed by atoms with van der Waals surface area (Å²) in [5.74, 6) is 0.167. The van der Waals surface area contributed by atoms with E-state index in [0.717, 1.165) is 19.2 Å². The molecule has 1 aromatic carbocycles. The second kappa shape index (κ2) is 7.55. The summed E-state index contributed by atoms with van der Waals surface area (Å²) in [6.45, 7) is 1.27. The van der Waals surface area contributed by atoms with Gasteiger partial charge in [0.2, 0.25) is 5.95 Å². The number of hydrogen-bond donors (Lipinski definition) is 2. The second-order valence-corrected chi connectivity index (χ2v) is 6.62. The van der Waals surface area contributed by atoms with Crippen molar-refractivity contribution in [3.05, 3.63) is 71.7 Å². The molecule has 5 nitrogen and oxygen atoms in total. The van der Waals surface area contributed by atoms with Gasteiger partial charge in [0.05, 0.1) is 5.69 Å². The molecule has 0 bridgehead atoms. The lowest BCUT2D eigenvalue weighted by Crippen LogP contribution is -2.40. The SMILES string of the molecule is FC(F)(F)c1cnc(NCC2Cc3ccccc3CN2)nc1-c1ccncc1. The van der Waals surface area contributed by atoms with Crippen LogP contribution in [0, 0.1) is 0 Å². The molecule has 3 aromatic rings. The van der Waals surface area contributed by atoms with Gasteiger partial charge in [0.15, 0.2) is 0 Å². The third kappa shape index (κ3) is 3.96. The zero-order chi connectivity index (χ0) is 19.6. The normalized spacial score (nSPS) is 16.5. The molecule has 1 unspecified atom stereocenters. The minimum atomic E-state index is -4.54. The first-order valence-electron chi connectivity index (χ1n) is 8.89. The Morgan fingerprint density at radius 2 is 1.82 bits per heavy atom. The van der Waals surface area contributed by atoms with Crippen molar-refractivity contribution in [3.63, 3.8) is 0 Å². The monoisotopic (exact) mass is 385 g/mol. The van der Waals surface area contributed by atoms with Gasteiger partial charge in [-0.1, -0.05) is 24.3 Å². The predicted octanol–water partition coefficient (Wildman–Crippen LogP) is 3.68. The molecule has 144 valence electrons. The highest BCUT2D eigenvalue weighted by Gasteiger charge is 2.35. The smallest absolute Gasteiger partial charge is 0.353 e. The van der Waals surface area contributed by atoms with Gasteiger partial charge < -0.3 is 10.6 Å². The van der Waals surface area contributed by atoms with Gasteiger partial charge in [0.1, 0.15) is 5.56 Å². The third-order valence-corrected chi connectivity index (χ3v) is 4.72. The molecule has 28 heavy (non-hydrogen) atoms. The molecule has 3 heterocycles. The van der Waals surface area contributed by atoms with Crippen LogP contribution in [-0.2, 0) is 19.1 Å². The zero-order valence-electron chi connectivity index (χ0n) is 14.9. The highest BCUT2D eigenvalue weighted by molar-refractivity contribution is 5.64. The van der Waals surface area contributed by atoms with Crippen LogP contribution >= 0.6 is 0 Å². The molecule has 1 aliphatic heterocycles. The molecule has 2 aromatic heterocycles. The van der Waals surface area contributed by atoms with E-state index >= 15 is 0 Å². The summed E-state index contributed by atoms with van der Waals surface area (Å²) in [6, 6.07) is 11.3. The highest BCUT2D eigenvalue weighted by Crippen LogP contribution is 2.35. The molecule has 0 aliphatic carbocycles. The van der Waals surface area contributed by atoms with Gasteiger partial charge in [-0.3, -0.25) is 4.98 Å². The van der Waals surface area contributed by atoms with E-state index in [1.165, 1.54) is 35.7 Å². The molecule has 8 heteroatoms. The summed E-state index contributed by atoms with van der Waals surface area (Å²) >= 11 is 0. The molecule has 0 spiro atoms. The molecule has 0 amide bonds. The molecule has 2 N–H and O–H groups in total. The van der Waals surface area contributed by atoms with Crippen molar-refractivity contribution in [3.8, 4) is 11.3 Å². The van der Waals surface area contributed by atoms with Crippen molar-refractivity contribution < 1.29 is 13.2 Å². The van der Waals surface area contributed by atoms with Gasteiger partial charge in [0.25, 0.3) is 0 Å². The van der Waals surface area contributed by atoms with Crippen molar-refractivity contribution >= 4 is 5.95 Å². The van der Waals surface area contributed by atoms with Crippen LogP contribution in [0.4, 0.5) is 19.1 Å². The van der Waals surface area contributed by atoms with Gasteiger partial charge in [-0.05, 0) is 29.7 Å². The number of nitrogens with zero attached hydrogens (tertiary/aromatic N) is 3. The van der Waals surface area contributed by atoms with Crippen LogP contribution in [0.3, 0.4) is 0 Å². The first-order chi connectivity index (χ1) is 13.5. The summed E-state index contributed by atoms with van der Waals surface area (Å²) in [5, 5.41) is 6.49. The summed E-state index contributed by atoms with van der Waals surface area (Å²) in [6.07, 6.45) is 0.00364. The van der Waals surface area contributed by atoms with Crippen molar-refractivity contribution in [2.24, 2.45) is 0 Å². The molecule has 1 aliphatic rings. The molecule has 4 rings (SSSR count). The summed E-state index contributed by atoms with van der Waals surface area (Å²) in [4.78, 5) is 11.9. The fourth-order valence-corrected chi connectivity index (χ4v) is 3.28. The van der Waals surface area contributed by atoms with E-state index in [2.05, 4.69) is 37.7 Å². The Kier molecular flexibility index (Phi) is 4.95. The number of benzene rings is 1. The Morgan fingerprint density at radius 1 is 1.07 bits per heavy atom. The fourth-order valence-electron chi connectivity index (χ4n) is 3.28. The largest absolute Gasteiger partial charge is 0.419 e. The van der Waals surface area contributed by atoms with E-state index in [4.69, 9.17) is 0 Å². The standard InChI is InChI=1S/C20H18F3N5/c21-20(22,23)17-12-27-19(28-18(17)13-5-7-24-8-6-13)26-11-16-9-14-3-1-2-4-15(14)10-25-16/h1-8,12,16,25H,9-11H2,(H,26,27,28). The number of fused-ring (bicyclic) bond motifs is 1. The van der Waals surface area contributed by atoms with E-state index in [1.54, 1.807) is 0 Å². The van der Waals surface area contributed by atoms with Crippen molar-refractivity contribution in [1.82, 2.24) is 20.3 Å². The average molecular weight is 385 g/mol. The van der Waals surface area contributed by atoms with Gasteiger partial charge in [-0.15, -0.1) is 0 Å². The fraction of sp³-hybridized carbons (Fsp3) is 0.250. The van der Waals surface area contributed by atoms with Gasteiger partial charge >= 0.3 is 6.18 Å². The number of hydrogen-bond acceptors (Lipinski definition) is 5. The van der Waals surface area contributed by atoms with Crippen LogP contribution in [0.1, 0.15) is 16.7 Å². The van der Waals surface area contributed by atoms with Crippen molar-refractivity contribution in [1.29, 1.82) is 0 Å². The molecule has 0 saturated heterocycles. The number of rotatable bonds is 4. The van der Waals surface area contributed by atoms with Crippen molar-refractivity contribution in [2.45, 2.75) is 25.2 Å². The lowest BCUT2D eigenvalue weighted by atomic mass is 9.96. The maximum atomic E-state index is 13.4. The summed E-state index contributed by atoms with van der Waals surface area (Å²) in [7, 11) is 0. The summed E-state index contributed by atoms with van der Waals surface area (Å²) < 4.78 is 40.1. The van der Waals surface area contributed by atoms with Gasteiger partial charge in [-0.2, -0.15) is 13.2 Å². The maximum absolute atomic E-state index is 13.4. The number of alkyl halides is 3. The van der Waals surface area contributed by atoms with Crippen LogP contribution in [0.5, 0.6) is 0 Å². The minimum absolute atomic E-state index is 0.144. The van der Waals surface area contributed by atoms with E-state index < -0.39 is 11.7 Å². The lowest BCUT2D eigenvalue weighted by molar-refractivity contribution is -0.137. The Labute approximate surface area is 160 Å². The number of aromatic nitrogens is 3. The molecule has 0 radical (unpaired) electrons. The van der Waals surface area contributed by atoms with E-state index in [1.807, 2.05) is 12.1 Å². The van der Waals surface area contributed by atoms with Gasteiger partial charge in [0, 0.05) is 43.3 Å². The highest BCUT2D eigenvalue weighted by atomic mass is 19.4. The topological polar surface area (TPSA) is 62.7 Å². The average Bonchev–Trinajstić information content (AvgIpc) is 2.72. The first-order valence-corrected chi connectivity index (χ1v) is 8.89. The lowest BCUT2D eigenvalue weighted by Gasteiger charge is -2.26. The molecule has 0 fully saturated rings. The second-order valence-electron chi connectivity index (χ2n) is 6.62. The van der Waals surface area contributed by atoms with Crippen LogP contribution in [0.15, 0.2) is 55.0 Å². The molecular formula is C20H18F3N5. The quantitative estimate of drug-likeness (QED) is 0.717. The van der Waals surface area contributed by atoms with Crippen LogP contribution in [-0.4, -0.2) is 27.5 Å². The van der Waals surface area contributed by atoms with E-state index in [-0.39, 0.29) is 17.7 Å². The van der Waals surface area contributed by atoms with Crippen molar-refractivity contribution in [2.75, 3.05) is 11.9 Å². The Balaban J connectivity index is 1.53. The number of nitrogens with one attached hydrogen (secondary N) is 2. The maximum Gasteiger partial charge on any atom is 0.419 e. The van der Waals surface area contributed by atoms with Crippen LogP contribution in [0.25, 0.3) is 11.3 Å². The Bertz CT molecular complexity index is 960. The molecular weight excluding hydrogens is 367 g/mol. The molecule has 1 atom stereocenters. The van der Waals surface area contributed by atoms with E-state index in [0.29, 0.717) is 12.1 Å². The Morgan fingerprint density at radius 3 is 2.57 bits per heavy atom. The zero-order valence-corrected chi connectivity index (χ0v) is 14.9. The first kappa shape index (κ1) is 18.4. The third-order valence-electron chi connectivity index (χ3n) is 4.72. The predicted molar refractivity (Wildman–Crippen MR) is 99.5 cm³/mol. The minimum Gasteiger partial charge on any atom is -0.353 e. The van der Waals surface area contributed by atoms with Crippen LogP contribution < -0.4 is 10.6 Å². The summed E-state index contributed by atoms with van der Waals surface area (Å²) in [5.41, 5.74) is 1.86. The van der Waals surface area contributed by atoms with Crippen LogP contribution in [0.2, 0.25) is 0 Å². The number of anilines is 1. The van der Waals surface area contributed by atoms with Gasteiger partial charge in [-0.25, -0.2) is 9.97 Å². The molecule has 0 saturated carbocycles.